The van der Waals surface area contributed by atoms with Crippen molar-refractivity contribution in [2.75, 3.05) is 6.61 Å². The molecule has 0 spiro atoms. The van der Waals surface area contributed by atoms with Gasteiger partial charge in [-0.3, -0.25) is 14.9 Å². The van der Waals surface area contributed by atoms with Gasteiger partial charge < -0.3 is 20.5 Å². The van der Waals surface area contributed by atoms with Crippen LogP contribution in [0.1, 0.15) is 20.8 Å². The highest BCUT2D eigenvalue weighted by atomic mass is 16.5. The van der Waals surface area contributed by atoms with Crippen molar-refractivity contribution in [3.63, 3.8) is 0 Å². The molecule has 2 atom stereocenters. The fourth-order valence-electron chi connectivity index (χ4n) is 1.90. The van der Waals surface area contributed by atoms with Crippen molar-refractivity contribution in [2.24, 2.45) is 11.7 Å². The van der Waals surface area contributed by atoms with Crippen LogP contribution in [0.2, 0.25) is 0 Å². The van der Waals surface area contributed by atoms with Crippen LogP contribution in [-0.4, -0.2) is 42.6 Å². The van der Waals surface area contributed by atoms with E-state index in [9.17, 15) is 19.2 Å². The van der Waals surface area contributed by atoms with Gasteiger partial charge in [-0.1, -0.05) is 32.0 Å². The molecule has 0 saturated heterocycles. The van der Waals surface area contributed by atoms with Gasteiger partial charge in [0.05, 0.1) is 0 Å². The smallest absolute Gasteiger partial charge is 0.329 e. The van der Waals surface area contributed by atoms with Crippen molar-refractivity contribution in [3.8, 4) is 5.75 Å². The molecule has 0 aliphatic carbocycles. The molecule has 9 nitrogen and oxygen atoms in total. The summed E-state index contributed by atoms with van der Waals surface area (Å²) in [6.07, 6.45) is -1.24. The molecule has 1 rings (SSSR count). The van der Waals surface area contributed by atoms with Gasteiger partial charge in [-0.15, -0.1) is 0 Å². The van der Waals surface area contributed by atoms with E-state index in [2.05, 4.69) is 5.32 Å². The number of imide groups is 1. The molecule has 0 radical (unpaired) electrons. The molecular weight excluding hydrogens is 342 g/mol. The van der Waals surface area contributed by atoms with Gasteiger partial charge in [-0.05, 0) is 25.0 Å². The van der Waals surface area contributed by atoms with Crippen LogP contribution in [0, 0.1) is 5.92 Å². The molecule has 0 aliphatic rings. The van der Waals surface area contributed by atoms with Gasteiger partial charge >= 0.3 is 12.0 Å². The molecule has 0 aromatic heterocycles. The second-order valence-corrected chi connectivity index (χ2v) is 5.82. The average molecular weight is 365 g/mol. The quantitative estimate of drug-likeness (QED) is 0.568. The Kier molecular flexibility index (Phi) is 8.07. The molecular formula is C17H23N3O6. The highest BCUT2D eigenvalue weighted by molar-refractivity contribution is 5.96. The van der Waals surface area contributed by atoms with Crippen molar-refractivity contribution in [2.45, 2.75) is 32.9 Å². The molecule has 0 saturated carbocycles. The number of rotatable bonds is 8. The number of carbonyl (C=O) groups is 4. The number of esters is 1. The summed E-state index contributed by atoms with van der Waals surface area (Å²) in [5, 5.41) is 4.32. The number of amides is 4. The summed E-state index contributed by atoms with van der Waals surface area (Å²) in [6, 6.07) is 6.70. The Labute approximate surface area is 151 Å². The van der Waals surface area contributed by atoms with Gasteiger partial charge in [0.15, 0.2) is 12.7 Å². The van der Waals surface area contributed by atoms with Crippen LogP contribution in [0.25, 0.3) is 0 Å². The predicted molar refractivity (Wildman–Crippen MR) is 92.0 cm³/mol. The molecule has 4 N–H and O–H groups in total. The Morgan fingerprint density at radius 2 is 1.69 bits per heavy atom. The number of para-hydroxylation sites is 1. The summed E-state index contributed by atoms with van der Waals surface area (Å²) in [5.74, 6) is -1.95. The monoisotopic (exact) mass is 365 g/mol. The van der Waals surface area contributed by atoms with Crippen molar-refractivity contribution in [3.05, 3.63) is 30.3 Å². The zero-order valence-electron chi connectivity index (χ0n) is 14.9. The van der Waals surface area contributed by atoms with Crippen LogP contribution in [-0.2, 0) is 19.1 Å². The number of urea groups is 1. The molecule has 9 heteroatoms. The van der Waals surface area contributed by atoms with E-state index in [-0.39, 0.29) is 12.5 Å². The average Bonchev–Trinajstić information content (AvgIpc) is 2.57. The zero-order chi connectivity index (χ0) is 19.7. The highest BCUT2D eigenvalue weighted by Crippen LogP contribution is 2.09. The molecule has 26 heavy (non-hydrogen) atoms. The lowest BCUT2D eigenvalue weighted by Crippen LogP contribution is -2.49. The minimum atomic E-state index is -1.24. The maximum Gasteiger partial charge on any atom is 0.329 e. The molecule has 0 aliphatic heterocycles. The summed E-state index contributed by atoms with van der Waals surface area (Å²) >= 11 is 0. The number of nitrogens with one attached hydrogen (secondary N) is 2. The first kappa shape index (κ1) is 20.9. The normalized spacial score (nSPS) is 12.6. The molecule has 0 unspecified atom stereocenters. The van der Waals surface area contributed by atoms with Crippen LogP contribution < -0.4 is 21.1 Å². The van der Waals surface area contributed by atoms with Gasteiger partial charge in [0.2, 0.25) is 0 Å². The van der Waals surface area contributed by atoms with Gasteiger partial charge in [0, 0.05) is 0 Å². The first-order valence-corrected chi connectivity index (χ1v) is 7.98. The third-order valence-corrected chi connectivity index (χ3v) is 3.26. The Morgan fingerprint density at radius 1 is 1.08 bits per heavy atom. The first-order chi connectivity index (χ1) is 12.2. The topological polar surface area (TPSA) is 137 Å². The van der Waals surface area contributed by atoms with Crippen LogP contribution in [0.5, 0.6) is 5.75 Å². The van der Waals surface area contributed by atoms with E-state index in [4.69, 9.17) is 15.2 Å². The van der Waals surface area contributed by atoms with Gasteiger partial charge in [0.1, 0.15) is 11.8 Å². The molecule has 0 bridgehead atoms. The van der Waals surface area contributed by atoms with Crippen LogP contribution >= 0.6 is 0 Å². The fraction of sp³-hybridized carbons (Fsp3) is 0.412. The third-order valence-electron chi connectivity index (χ3n) is 3.26. The van der Waals surface area contributed by atoms with Crippen molar-refractivity contribution in [1.82, 2.24) is 10.6 Å². The van der Waals surface area contributed by atoms with E-state index in [1.54, 1.807) is 38.1 Å². The maximum atomic E-state index is 12.2. The zero-order valence-corrected chi connectivity index (χ0v) is 14.9. The number of carbonyl (C=O) groups excluding carboxylic acids is 4. The lowest BCUT2D eigenvalue weighted by atomic mass is 10.0. The summed E-state index contributed by atoms with van der Waals surface area (Å²) < 4.78 is 10.3. The number of nitrogens with two attached hydrogens (primary N) is 1. The molecule has 142 valence electrons. The van der Waals surface area contributed by atoms with Gasteiger partial charge in [0.25, 0.3) is 11.8 Å². The second-order valence-electron chi connectivity index (χ2n) is 5.82. The third kappa shape index (κ3) is 7.20. The maximum absolute atomic E-state index is 12.2. The van der Waals surface area contributed by atoms with Crippen molar-refractivity contribution in [1.29, 1.82) is 0 Å². The summed E-state index contributed by atoms with van der Waals surface area (Å²) in [4.78, 5) is 46.5. The minimum absolute atomic E-state index is 0.280. The van der Waals surface area contributed by atoms with E-state index in [0.29, 0.717) is 5.75 Å². The van der Waals surface area contributed by atoms with Crippen molar-refractivity contribution >= 4 is 23.8 Å². The number of hydrogen-bond acceptors (Lipinski definition) is 6. The van der Waals surface area contributed by atoms with E-state index in [0.717, 1.165) is 0 Å². The SMILES string of the molecule is CC(C)[C@H](NC(=O)COc1ccccc1)C(=O)O[C@H](C)C(=O)NC(N)=O. The Morgan fingerprint density at radius 3 is 2.23 bits per heavy atom. The predicted octanol–water partition coefficient (Wildman–Crippen LogP) is 0.333. The number of hydrogen-bond donors (Lipinski definition) is 3. The number of primary amides is 1. The molecule has 0 heterocycles. The molecule has 0 fully saturated rings. The Bertz CT molecular complexity index is 647. The summed E-state index contributed by atoms with van der Waals surface area (Å²) in [5.41, 5.74) is 4.83. The largest absolute Gasteiger partial charge is 0.484 e. The lowest BCUT2D eigenvalue weighted by Gasteiger charge is -2.22. The van der Waals surface area contributed by atoms with Gasteiger partial charge in [-0.2, -0.15) is 0 Å². The minimum Gasteiger partial charge on any atom is -0.484 e. The van der Waals surface area contributed by atoms with Crippen LogP contribution in [0.3, 0.4) is 0 Å². The van der Waals surface area contributed by atoms with E-state index >= 15 is 0 Å². The molecule has 1 aromatic carbocycles. The summed E-state index contributed by atoms with van der Waals surface area (Å²) in [6.45, 7) is 4.42. The van der Waals surface area contributed by atoms with E-state index in [1.807, 2.05) is 11.4 Å². The van der Waals surface area contributed by atoms with E-state index in [1.165, 1.54) is 6.92 Å². The van der Waals surface area contributed by atoms with Crippen molar-refractivity contribution < 1.29 is 28.7 Å². The number of benzene rings is 1. The molecule has 4 amide bonds. The second kappa shape index (κ2) is 10.0. The number of ether oxygens (including phenoxy) is 2. The fourth-order valence-corrected chi connectivity index (χ4v) is 1.90. The Hall–Kier alpha value is -3.10. The highest BCUT2D eigenvalue weighted by Gasteiger charge is 2.29. The van der Waals surface area contributed by atoms with Crippen LogP contribution in [0.15, 0.2) is 30.3 Å². The lowest BCUT2D eigenvalue weighted by molar-refractivity contribution is -0.158. The Balaban J connectivity index is 2.58. The molecule has 1 aromatic rings. The van der Waals surface area contributed by atoms with Gasteiger partial charge in [-0.25, -0.2) is 9.59 Å². The standard InChI is InChI=1S/C17H23N3O6/c1-10(2)14(16(23)26-11(3)15(22)20-17(18)24)19-13(21)9-25-12-7-5-4-6-8-12/h4-8,10-11,14H,9H2,1-3H3,(H,19,21)(H3,18,20,22,24)/t11-,14+/m1/s1. The van der Waals surface area contributed by atoms with E-state index < -0.39 is 36.0 Å². The first-order valence-electron chi connectivity index (χ1n) is 7.98. The summed E-state index contributed by atoms with van der Waals surface area (Å²) in [7, 11) is 0. The van der Waals surface area contributed by atoms with Crippen LogP contribution in [0.4, 0.5) is 4.79 Å².